The second-order valence-electron chi connectivity index (χ2n) is 4.69. The zero-order chi connectivity index (χ0) is 15.4. The number of aromatic nitrogens is 1. The fraction of sp³-hybridized carbons (Fsp3) is 0.133. The molecule has 0 unspecified atom stereocenters. The van der Waals surface area contributed by atoms with Gasteiger partial charge in [-0.2, -0.15) is 0 Å². The van der Waals surface area contributed by atoms with Gasteiger partial charge in [-0.3, -0.25) is 14.4 Å². The summed E-state index contributed by atoms with van der Waals surface area (Å²) in [5, 5.41) is 2.62. The van der Waals surface area contributed by atoms with E-state index >= 15 is 0 Å². The van der Waals surface area contributed by atoms with Crippen molar-refractivity contribution in [3.05, 3.63) is 63.6 Å². The number of rotatable bonds is 4. The topological polar surface area (TPSA) is 105 Å². The number of aryl methyl sites for hydroxylation is 1. The first-order valence-corrected chi connectivity index (χ1v) is 6.33. The van der Waals surface area contributed by atoms with E-state index in [2.05, 4.69) is 10.3 Å². The Balaban J connectivity index is 2.12. The standard InChI is InChI=1S/C15H15N3O3/c1-9-6-13(19)12(8-17-9)15(21)18-11-4-2-10(3-5-11)7-14(16)20/h2-6,8H,7H2,1H3,(H2,16,20)(H,17,19)(H,18,21). The van der Waals surface area contributed by atoms with Crippen molar-refractivity contribution >= 4 is 17.5 Å². The second kappa shape index (κ2) is 6.04. The smallest absolute Gasteiger partial charge is 0.261 e. The van der Waals surface area contributed by atoms with Crippen LogP contribution in [0.25, 0.3) is 0 Å². The van der Waals surface area contributed by atoms with Gasteiger partial charge in [-0.25, -0.2) is 0 Å². The maximum absolute atomic E-state index is 12.0. The average molecular weight is 285 g/mol. The Bertz CT molecular complexity index is 733. The summed E-state index contributed by atoms with van der Waals surface area (Å²) >= 11 is 0. The molecular weight excluding hydrogens is 270 g/mol. The Morgan fingerprint density at radius 1 is 1.24 bits per heavy atom. The van der Waals surface area contributed by atoms with Crippen LogP contribution < -0.4 is 16.5 Å². The van der Waals surface area contributed by atoms with Crippen LogP contribution in [-0.4, -0.2) is 16.8 Å². The number of nitrogens with one attached hydrogen (secondary N) is 2. The molecule has 0 saturated heterocycles. The van der Waals surface area contributed by atoms with Crippen molar-refractivity contribution in [1.82, 2.24) is 4.98 Å². The highest BCUT2D eigenvalue weighted by molar-refractivity contribution is 6.03. The number of H-pyrrole nitrogens is 1. The number of primary amides is 1. The molecule has 0 atom stereocenters. The van der Waals surface area contributed by atoms with Crippen molar-refractivity contribution in [2.75, 3.05) is 5.32 Å². The Morgan fingerprint density at radius 3 is 2.48 bits per heavy atom. The van der Waals surface area contributed by atoms with Gasteiger partial charge in [0.15, 0.2) is 5.43 Å². The molecule has 1 aromatic heterocycles. The molecule has 2 aromatic rings. The molecule has 0 saturated carbocycles. The lowest BCUT2D eigenvalue weighted by Crippen LogP contribution is -2.21. The molecule has 6 nitrogen and oxygen atoms in total. The summed E-state index contributed by atoms with van der Waals surface area (Å²) in [7, 11) is 0. The minimum absolute atomic E-state index is 0.0433. The summed E-state index contributed by atoms with van der Waals surface area (Å²) in [4.78, 5) is 37.3. The van der Waals surface area contributed by atoms with Gasteiger partial charge in [-0.15, -0.1) is 0 Å². The molecule has 1 heterocycles. The van der Waals surface area contributed by atoms with Gasteiger partial charge in [0.2, 0.25) is 5.91 Å². The monoisotopic (exact) mass is 285 g/mol. The summed E-state index contributed by atoms with van der Waals surface area (Å²) in [6, 6.07) is 8.06. The van der Waals surface area contributed by atoms with Crippen LogP contribution in [0.1, 0.15) is 21.6 Å². The average Bonchev–Trinajstić information content (AvgIpc) is 2.40. The van der Waals surface area contributed by atoms with Crippen molar-refractivity contribution in [3.8, 4) is 0 Å². The molecule has 2 amide bonds. The van der Waals surface area contributed by atoms with Crippen LogP contribution in [0.3, 0.4) is 0 Å². The predicted molar refractivity (Wildman–Crippen MR) is 79.1 cm³/mol. The number of pyridine rings is 1. The van der Waals surface area contributed by atoms with Gasteiger partial charge in [0.25, 0.3) is 5.91 Å². The fourth-order valence-corrected chi connectivity index (χ4v) is 1.86. The van der Waals surface area contributed by atoms with Crippen LogP contribution in [0.4, 0.5) is 5.69 Å². The first kappa shape index (κ1) is 14.5. The predicted octanol–water partition coefficient (Wildman–Crippen LogP) is 0.963. The van der Waals surface area contributed by atoms with Crippen LogP contribution in [0.2, 0.25) is 0 Å². The molecule has 4 N–H and O–H groups in total. The van der Waals surface area contributed by atoms with Gasteiger partial charge < -0.3 is 16.0 Å². The molecule has 0 aliphatic rings. The van der Waals surface area contributed by atoms with Gasteiger partial charge in [0.05, 0.1) is 6.42 Å². The number of amides is 2. The summed E-state index contributed by atoms with van der Waals surface area (Å²) in [5.74, 6) is -0.906. The van der Waals surface area contributed by atoms with Gasteiger partial charge >= 0.3 is 0 Å². The van der Waals surface area contributed by atoms with Crippen molar-refractivity contribution in [2.24, 2.45) is 5.73 Å². The van der Waals surface area contributed by atoms with Gasteiger partial charge in [-0.1, -0.05) is 12.1 Å². The normalized spacial score (nSPS) is 10.1. The molecule has 21 heavy (non-hydrogen) atoms. The molecule has 108 valence electrons. The van der Waals surface area contributed by atoms with Gasteiger partial charge in [0, 0.05) is 23.6 Å². The number of hydrogen-bond acceptors (Lipinski definition) is 3. The van der Waals surface area contributed by atoms with Crippen molar-refractivity contribution < 1.29 is 9.59 Å². The molecule has 0 bridgehead atoms. The quantitative estimate of drug-likeness (QED) is 0.779. The second-order valence-corrected chi connectivity index (χ2v) is 4.69. The van der Waals surface area contributed by atoms with Crippen molar-refractivity contribution in [2.45, 2.75) is 13.3 Å². The molecule has 2 rings (SSSR count). The van der Waals surface area contributed by atoms with Gasteiger partial charge in [-0.05, 0) is 24.6 Å². The van der Waals surface area contributed by atoms with E-state index in [4.69, 9.17) is 5.73 Å². The van der Waals surface area contributed by atoms with E-state index < -0.39 is 11.8 Å². The molecule has 0 fully saturated rings. The van der Waals surface area contributed by atoms with E-state index in [0.717, 1.165) is 5.56 Å². The lowest BCUT2D eigenvalue weighted by molar-refractivity contribution is -0.117. The molecule has 0 radical (unpaired) electrons. The molecule has 0 spiro atoms. The zero-order valence-corrected chi connectivity index (χ0v) is 11.5. The van der Waals surface area contributed by atoms with E-state index in [1.54, 1.807) is 31.2 Å². The lowest BCUT2D eigenvalue weighted by Gasteiger charge is -2.06. The maximum atomic E-state index is 12.0. The first-order valence-electron chi connectivity index (χ1n) is 6.33. The third-order valence-corrected chi connectivity index (χ3v) is 2.89. The first-order chi connectivity index (χ1) is 9.95. The fourth-order valence-electron chi connectivity index (χ4n) is 1.86. The number of aromatic amines is 1. The lowest BCUT2D eigenvalue weighted by atomic mass is 10.1. The molecule has 0 aliphatic heterocycles. The van der Waals surface area contributed by atoms with Crippen LogP contribution >= 0.6 is 0 Å². The Labute approximate surface area is 121 Å². The number of carbonyl (C=O) groups excluding carboxylic acids is 2. The number of hydrogen-bond donors (Lipinski definition) is 3. The Hall–Kier alpha value is -2.89. The summed E-state index contributed by atoms with van der Waals surface area (Å²) in [6.07, 6.45) is 1.53. The van der Waals surface area contributed by atoms with Crippen molar-refractivity contribution in [1.29, 1.82) is 0 Å². The maximum Gasteiger partial charge on any atom is 0.261 e. The highest BCUT2D eigenvalue weighted by Gasteiger charge is 2.10. The zero-order valence-electron chi connectivity index (χ0n) is 11.5. The van der Waals surface area contributed by atoms with Crippen LogP contribution in [-0.2, 0) is 11.2 Å². The van der Waals surface area contributed by atoms with Crippen molar-refractivity contribution in [3.63, 3.8) is 0 Å². The highest BCUT2D eigenvalue weighted by Crippen LogP contribution is 2.11. The molecule has 1 aromatic carbocycles. The summed E-state index contributed by atoms with van der Waals surface area (Å²) in [5.41, 5.74) is 6.79. The number of carbonyl (C=O) groups is 2. The highest BCUT2D eigenvalue weighted by atomic mass is 16.2. The SMILES string of the molecule is Cc1cc(=O)c(C(=O)Nc2ccc(CC(N)=O)cc2)c[nH]1. The van der Waals surface area contributed by atoms with Gasteiger partial charge in [0.1, 0.15) is 5.56 Å². The van der Waals surface area contributed by atoms with E-state index in [1.807, 2.05) is 0 Å². The third-order valence-electron chi connectivity index (χ3n) is 2.89. The van der Waals surface area contributed by atoms with Crippen LogP contribution in [0.15, 0.2) is 41.3 Å². The van der Waals surface area contributed by atoms with E-state index in [-0.39, 0.29) is 17.4 Å². The Kier molecular flexibility index (Phi) is 4.18. The summed E-state index contributed by atoms with van der Waals surface area (Å²) < 4.78 is 0. The van der Waals surface area contributed by atoms with E-state index in [0.29, 0.717) is 11.4 Å². The van der Waals surface area contributed by atoms with E-state index in [1.165, 1.54) is 12.3 Å². The number of benzene rings is 1. The Morgan fingerprint density at radius 2 is 1.90 bits per heavy atom. The van der Waals surface area contributed by atoms with Crippen LogP contribution in [0, 0.1) is 6.92 Å². The minimum atomic E-state index is -0.487. The molecule has 6 heteroatoms. The van der Waals surface area contributed by atoms with E-state index in [9.17, 15) is 14.4 Å². The van der Waals surface area contributed by atoms with Crippen LogP contribution in [0.5, 0.6) is 0 Å². The third kappa shape index (κ3) is 3.79. The summed E-state index contributed by atoms with van der Waals surface area (Å²) in [6.45, 7) is 1.74. The molecular formula is C15H15N3O3. The number of anilines is 1. The minimum Gasteiger partial charge on any atom is -0.369 e. The number of nitrogens with two attached hydrogens (primary N) is 1. The molecule has 0 aliphatic carbocycles. The largest absolute Gasteiger partial charge is 0.369 e.